The van der Waals surface area contributed by atoms with Gasteiger partial charge in [0.15, 0.2) is 0 Å². The molecule has 0 spiro atoms. The fourth-order valence-electron chi connectivity index (χ4n) is 7.71. The van der Waals surface area contributed by atoms with Gasteiger partial charge < -0.3 is 4.90 Å². The molecule has 10 aromatic rings. The van der Waals surface area contributed by atoms with Gasteiger partial charge in [-0.15, -0.1) is 11.3 Å². The predicted molar refractivity (Wildman–Crippen MR) is 217 cm³/mol. The molecular formula is C48H31NS. The van der Waals surface area contributed by atoms with Gasteiger partial charge in [-0.2, -0.15) is 0 Å². The molecular weight excluding hydrogens is 623 g/mol. The van der Waals surface area contributed by atoms with Crippen molar-refractivity contribution in [2.24, 2.45) is 0 Å². The van der Waals surface area contributed by atoms with Crippen molar-refractivity contribution in [1.82, 2.24) is 0 Å². The maximum absolute atomic E-state index is 2.42. The van der Waals surface area contributed by atoms with Crippen LogP contribution in [0.3, 0.4) is 0 Å². The minimum absolute atomic E-state index is 1.12. The zero-order chi connectivity index (χ0) is 33.0. The number of hydrogen-bond donors (Lipinski definition) is 0. The van der Waals surface area contributed by atoms with Gasteiger partial charge in [-0.3, -0.25) is 0 Å². The van der Waals surface area contributed by atoms with Gasteiger partial charge in [0.1, 0.15) is 0 Å². The molecule has 0 aliphatic rings. The maximum Gasteiger partial charge on any atom is 0.0540 e. The van der Waals surface area contributed by atoms with Gasteiger partial charge in [0.25, 0.3) is 0 Å². The van der Waals surface area contributed by atoms with Crippen molar-refractivity contribution in [3.05, 3.63) is 188 Å². The fraction of sp³-hybridized carbons (Fsp3) is 0. The van der Waals surface area contributed by atoms with Gasteiger partial charge in [-0.05, 0) is 91.5 Å². The molecule has 0 N–H and O–H groups in total. The summed E-state index contributed by atoms with van der Waals surface area (Å²) in [5.41, 5.74) is 8.26. The molecule has 9 aromatic carbocycles. The van der Waals surface area contributed by atoms with Gasteiger partial charge in [0.2, 0.25) is 0 Å². The van der Waals surface area contributed by atoms with Crippen LogP contribution in [0, 0.1) is 0 Å². The Labute approximate surface area is 294 Å². The Bertz CT molecular complexity index is 2870. The van der Waals surface area contributed by atoms with Gasteiger partial charge in [-0.1, -0.05) is 146 Å². The van der Waals surface area contributed by atoms with Crippen LogP contribution in [0.25, 0.3) is 74.7 Å². The third kappa shape index (κ3) is 4.69. The number of fused-ring (bicyclic) bond motifs is 8. The number of anilines is 3. The lowest BCUT2D eigenvalue weighted by atomic mass is 9.90. The summed E-state index contributed by atoms with van der Waals surface area (Å²) in [7, 11) is 0. The number of thiophene rings is 1. The zero-order valence-electron chi connectivity index (χ0n) is 27.3. The summed E-state index contributed by atoms with van der Waals surface area (Å²) < 4.78 is 2.60. The molecule has 2 heteroatoms. The molecule has 234 valence electrons. The van der Waals surface area contributed by atoms with Crippen molar-refractivity contribution >= 4 is 80.9 Å². The van der Waals surface area contributed by atoms with Crippen molar-refractivity contribution in [3.63, 3.8) is 0 Å². The quantitative estimate of drug-likeness (QED) is 0.167. The van der Waals surface area contributed by atoms with Gasteiger partial charge in [-0.25, -0.2) is 0 Å². The highest BCUT2D eigenvalue weighted by Crippen LogP contribution is 2.45. The first-order valence-corrected chi connectivity index (χ1v) is 17.9. The molecule has 0 aliphatic heterocycles. The molecule has 0 amide bonds. The van der Waals surface area contributed by atoms with Crippen LogP contribution in [-0.2, 0) is 0 Å². The average Bonchev–Trinajstić information content (AvgIpc) is 3.56. The third-order valence-corrected chi connectivity index (χ3v) is 11.2. The average molecular weight is 654 g/mol. The second-order valence-corrected chi connectivity index (χ2v) is 14.0. The van der Waals surface area contributed by atoms with Crippen molar-refractivity contribution < 1.29 is 0 Å². The summed E-state index contributed by atoms with van der Waals surface area (Å²) in [6, 6.07) is 68.7. The van der Waals surface area contributed by atoms with E-state index in [2.05, 4.69) is 193 Å². The van der Waals surface area contributed by atoms with Crippen molar-refractivity contribution in [2.75, 3.05) is 4.90 Å². The smallest absolute Gasteiger partial charge is 0.0540 e. The van der Waals surface area contributed by atoms with Gasteiger partial charge in [0, 0.05) is 37.1 Å². The summed E-state index contributed by atoms with van der Waals surface area (Å²) in [6.45, 7) is 0. The highest BCUT2D eigenvalue weighted by Gasteiger charge is 2.19. The number of benzene rings is 9. The van der Waals surface area contributed by atoms with E-state index in [1.165, 1.54) is 74.7 Å². The molecule has 1 aromatic heterocycles. The summed E-state index contributed by atoms with van der Waals surface area (Å²) >= 11 is 1.86. The van der Waals surface area contributed by atoms with Crippen molar-refractivity contribution in [1.29, 1.82) is 0 Å². The highest BCUT2D eigenvalue weighted by molar-refractivity contribution is 7.25. The fourth-order valence-corrected chi connectivity index (χ4v) is 8.85. The summed E-state index contributed by atoms with van der Waals surface area (Å²) in [5, 5.41) is 10.3. The Kier molecular flexibility index (Phi) is 6.75. The molecule has 50 heavy (non-hydrogen) atoms. The molecule has 1 nitrogen and oxygen atoms in total. The van der Waals surface area contributed by atoms with E-state index in [0.29, 0.717) is 0 Å². The number of hydrogen-bond acceptors (Lipinski definition) is 2. The first-order valence-electron chi connectivity index (χ1n) is 17.1. The zero-order valence-corrected chi connectivity index (χ0v) is 28.1. The Morgan fingerprint density at radius 1 is 0.340 bits per heavy atom. The van der Waals surface area contributed by atoms with Crippen LogP contribution in [0.5, 0.6) is 0 Å². The molecule has 0 radical (unpaired) electrons. The Morgan fingerprint density at radius 3 is 1.82 bits per heavy atom. The lowest BCUT2D eigenvalue weighted by Crippen LogP contribution is -2.11. The normalized spacial score (nSPS) is 11.6. The second kappa shape index (κ2) is 11.7. The third-order valence-electron chi connectivity index (χ3n) is 10.0. The van der Waals surface area contributed by atoms with E-state index in [1.54, 1.807) is 0 Å². The Morgan fingerprint density at radius 2 is 0.960 bits per heavy atom. The molecule has 0 bridgehead atoms. The first kappa shape index (κ1) is 28.8. The largest absolute Gasteiger partial charge is 0.310 e. The van der Waals surface area contributed by atoms with Crippen LogP contribution in [0.4, 0.5) is 17.1 Å². The SMILES string of the molecule is c1ccc(-c2ccccc2N(c2ccc(-c3cc4ccccc4c4ccc5ccccc5c34)cc2)c2ccc3c(c2)sc2ccccc23)cc1. The lowest BCUT2D eigenvalue weighted by Gasteiger charge is -2.28. The summed E-state index contributed by atoms with van der Waals surface area (Å²) in [6.07, 6.45) is 0. The highest BCUT2D eigenvalue weighted by atomic mass is 32.1. The minimum atomic E-state index is 1.12. The van der Waals surface area contributed by atoms with E-state index in [9.17, 15) is 0 Å². The Balaban J connectivity index is 1.18. The molecule has 0 saturated carbocycles. The van der Waals surface area contributed by atoms with Crippen LogP contribution in [-0.4, -0.2) is 0 Å². The predicted octanol–water partition coefficient (Wildman–Crippen LogP) is 14.3. The van der Waals surface area contributed by atoms with Crippen molar-refractivity contribution in [3.8, 4) is 22.3 Å². The standard InChI is InChI=1S/C48H31NS/c1-2-12-32(13-3-1)39-17-8-10-20-45(39)49(37-27-29-42-41-19-9-11-21-46(41)50-47(42)31-37)36-25-22-34(23-26-36)44-30-35-15-5-6-16-38(35)43-28-24-33-14-4-7-18-40(33)48(43)44/h1-31H. The van der Waals surface area contributed by atoms with E-state index in [0.717, 1.165) is 17.1 Å². The first-order chi connectivity index (χ1) is 24.8. The van der Waals surface area contributed by atoms with Crippen LogP contribution >= 0.6 is 11.3 Å². The summed E-state index contributed by atoms with van der Waals surface area (Å²) in [5.74, 6) is 0. The molecule has 0 aliphatic carbocycles. The maximum atomic E-state index is 2.42. The lowest BCUT2D eigenvalue weighted by molar-refractivity contribution is 1.29. The van der Waals surface area contributed by atoms with Gasteiger partial charge >= 0.3 is 0 Å². The monoisotopic (exact) mass is 653 g/mol. The van der Waals surface area contributed by atoms with E-state index in [4.69, 9.17) is 0 Å². The van der Waals surface area contributed by atoms with Gasteiger partial charge in [0.05, 0.1) is 5.69 Å². The van der Waals surface area contributed by atoms with Crippen LogP contribution in [0.15, 0.2) is 188 Å². The molecule has 10 rings (SSSR count). The molecule has 0 unspecified atom stereocenters. The second-order valence-electron chi connectivity index (χ2n) is 12.9. The van der Waals surface area contributed by atoms with Crippen molar-refractivity contribution in [2.45, 2.75) is 0 Å². The Hall–Kier alpha value is -6.22. The summed E-state index contributed by atoms with van der Waals surface area (Å²) in [4.78, 5) is 2.42. The van der Waals surface area contributed by atoms with E-state index in [-0.39, 0.29) is 0 Å². The molecule has 0 fully saturated rings. The van der Waals surface area contributed by atoms with E-state index >= 15 is 0 Å². The number of nitrogens with zero attached hydrogens (tertiary/aromatic N) is 1. The molecule has 1 heterocycles. The van der Waals surface area contributed by atoms with Crippen LogP contribution < -0.4 is 4.90 Å². The van der Waals surface area contributed by atoms with Crippen LogP contribution in [0.1, 0.15) is 0 Å². The minimum Gasteiger partial charge on any atom is -0.310 e. The molecule has 0 saturated heterocycles. The van der Waals surface area contributed by atoms with E-state index in [1.807, 2.05) is 11.3 Å². The number of rotatable bonds is 5. The topological polar surface area (TPSA) is 3.24 Å². The molecule has 0 atom stereocenters. The number of para-hydroxylation sites is 1. The van der Waals surface area contributed by atoms with E-state index < -0.39 is 0 Å². The van der Waals surface area contributed by atoms with Crippen LogP contribution in [0.2, 0.25) is 0 Å².